The molecule has 23 heavy (non-hydrogen) atoms. The molecule has 7 nitrogen and oxygen atoms in total. The van der Waals surface area contributed by atoms with Crippen molar-refractivity contribution >= 4 is 17.5 Å². The van der Waals surface area contributed by atoms with Gasteiger partial charge in [-0.05, 0) is 30.7 Å². The predicted molar refractivity (Wildman–Crippen MR) is 82.3 cm³/mol. The summed E-state index contributed by atoms with van der Waals surface area (Å²) in [5.41, 5.74) is 1.70. The topological polar surface area (TPSA) is 84.7 Å². The van der Waals surface area contributed by atoms with Gasteiger partial charge in [-0.1, -0.05) is 0 Å². The second kappa shape index (κ2) is 6.12. The van der Waals surface area contributed by atoms with Crippen molar-refractivity contribution < 1.29 is 18.7 Å². The normalized spacial score (nSPS) is 17.4. The first kappa shape index (κ1) is 15.1. The summed E-state index contributed by atoms with van der Waals surface area (Å²) in [5.74, 6) is 0.254. The van der Waals surface area contributed by atoms with Crippen LogP contribution < -0.4 is 10.1 Å². The lowest BCUT2D eigenvalue weighted by Gasteiger charge is -2.14. The van der Waals surface area contributed by atoms with Crippen LogP contribution >= 0.6 is 0 Å². The second-order valence-electron chi connectivity index (χ2n) is 5.46. The molecular weight excluding hydrogens is 298 g/mol. The highest BCUT2D eigenvalue weighted by Crippen LogP contribution is 2.24. The van der Waals surface area contributed by atoms with Crippen molar-refractivity contribution in [3.8, 4) is 5.75 Å². The Kier molecular flexibility index (Phi) is 4.01. The molecule has 2 heterocycles. The van der Waals surface area contributed by atoms with Crippen LogP contribution in [-0.2, 0) is 4.79 Å². The van der Waals surface area contributed by atoms with Gasteiger partial charge in [0.05, 0.1) is 0 Å². The Labute approximate surface area is 133 Å². The third kappa shape index (κ3) is 3.18. The zero-order valence-electron chi connectivity index (χ0n) is 12.9. The van der Waals surface area contributed by atoms with Crippen LogP contribution in [0.1, 0.15) is 22.5 Å². The number of aryl methyl sites for hydroxylation is 1. The molecule has 1 fully saturated rings. The fourth-order valence-corrected chi connectivity index (χ4v) is 2.42. The van der Waals surface area contributed by atoms with Gasteiger partial charge in [0, 0.05) is 25.7 Å². The number of amides is 2. The number of aromatic nitrogens is 1. The molecule has 2 aromatic rings. The average Bonchev–Trinajstić information content (AvgIpc) is 3.16. The van der Waals surface area contributed by atoms with Gasteiger partial charge in [-0.15, -0.1) is 0 Å². The van der Waals surface area contributed by atoms with Gasteiger partial charge >= 0.3 is 0 Å². The van der Waals surface area contributed by atoms with E-state index in [0.717, 1.165) is 5.56 Å². The first-order valence-corrected chi connectivity index (χ1v) is 7.26. The smallest absolute Gasteiger partial charge is 0.277 e. The first-order chi connectivity index (χ1) is 11.0. The quantitative estimate of drug-likeness (QED) is 0.930. The molecule has 0 aliphatic carbocycles. The highest BCUT2D eigenvalue weighted by Gasteiger charge is 2.30. The maximum atomic E-state index is 12.0. The minimum Gasteiger partial charge on any atom is -0.481 e. The lowest BCUT2D eigenvalue weighted by Crippen LogP contribution is -2.29. The summed E-state index contributed by atoms with van der Waals surface area (Å²) in [5, 5.41) is 2.76. The van der Waals surface area contributed by atoms with E-state index in [0.29, 0.717) is 24.4 Å². The van der Waals surface area contributed by atoms with Gasteiger partial charge in [-0.2, -0.15) is 0 Å². The minimum atomic E-state index is -0.435. The van der Waals surface area contributed by atoms with Gasteiger partial charge in [-0.3, -0.25) is 9.59 Å². The van der Waals surface area contributed by atoms with Crippen molar-refractivity contribution in [1.82, 2.24) is 9.88 Å². The summed E-state index contributed by atoms with van der Waals surface area (Å²) in [6.45, 7) is 2.56. The molecule has 1 saturated heterocycles. The van der Waals surface area contributed by atoms with E-state index in [2.05, 4.69) is 10.3 Å². The number of carbonyl (C=O) groups is 2. The van der Waals surface area contributed by atoms with Crippen LogP contribution in [0.2, 0.25) is 0 Å². The van der Waals surface area contributed by atoms with E-state index in [-0.39, 0.29) is 17.5 Å². The summed E-state index contributed by atoms with van der Waals surface area (Å²) in [7, 11) is 1.76. The number of carbonyl (C=O) groups excluding carboxylic acids is 2. The molecule has 120 valence electrons. The number of benzene rings is 1. The number of nitrogens with one attached hydrogen (secondary N) is 1. The van der Waals surface area contributed by atoms with Gasteiger partial charge in [-0.25, -0.2) is 4.98 Å². The number of hydrogen-bond donors (Lipinski definition) is 1. The summed E-state index contributed by atoms with van der Waals surface area (Å²) >= 11 is 0. The highest BCUT2D eigenvalue weighted by atomic mass is 16.5. The van der Waals surface area contributed by atoms with E-state index in [4.69, 9.17) is 9.15 Å². The van der Waals surface area contributed by atoms with Gasteiger partial charge in [0.2, 0.25) is 0 Å². The largest absolute Gasteiger partial charge is 0.481 e. The van der Waals surface area contributed by atoms with Crippen molar-refractivity contribution in [2.45, 2.75) is 19.4 Å². The Morgan fingerprint density at radius 1 is 1.48 bits per heavy atom. The fourth-order valence-electron chi connectivity index (χ4n) is 2.42. The third-order valence-corrected chi connectivity index (χ3v) is 3.77. The number of anilines is 1. The number of rotatable bonds is 4. The van der Waals surface area contributed by atoms with Crippen LogP contribution in [0.25, 0.3) is 0 Å². The molecule has 1 aliphatic heterocycles. The molecule has 1 atom stereocenters. The zero-order chi connectivity index (χ0) is 16.4. The Hall–Kier alpha value is -2.83. The van der Waals surface area contributed by atoms with Crippen LogP contribution in [0.4, 0.5) is 5.69 Å². The van der Waals surface area contributed by atoms with E-state index in [1.807, 2.05) is 6.92 Å². The van der Waals surface area contributed by atoms with Crippen LogP contribution in [0.5, 0.6) is 5.75 Å². The Morgan fingerprint density at radius 3 is 2.91 bits per heavy atom. The number of hydrogen-bond acceptors (Lipinski definition) is 5. The summed E-state index contributed by atoms with van der Waals surface area (Å²) in [6, 6.07) is 5.27. The SMILES string of the molecule is Cc1cc(OC2CCN(C)C2=O)ccc1NC(=O)c1cocn1. The van der Waals surface area contributed by atoms with E-state index in [1.54, 1.807) is 30.1 Å². The van der Waals surface area contributed by atoms with E-state index in [9.17, 15) is 9.59 Å². The van der Waals surface area contributed by atoms with Crippen molar-refractivity contribution in [2.24, 2.45) is 0 Å². The molecule has 1 N–H and O–H groups in total. The molecule has 2 amide bonds. The van der Waals surface area contributed by atoms with Gasteiger partial charge < -0.3 is 19.4 Å². The zero-order valence-corrected chi connectivity index (χ0v) is 12.9. The monoisotopic (exact) mass is 315 g/mol. The molecular formula is C16H17N3O4. The van der Waals surface area contributed by atoms with E-state index in [1.165, 1.54) is 12.7 Å². The molecule has 1 aromatic carbocycles. The number of ether oxygens (including phenoxy) is 1. The van der Waals surface area contributed by atoms with Crippen molar-refractivity contribution in [3.05, 3.63) is 42.1 Å². The molecule has 3 rings (SSSR count). The standard InChI is InChI=1S/C16H17N3O4/c1-10-7-11(23-14-5-6-19(2)16(14)21)3-4-12(10)18-15(20)13-8-22-9-17-13/h3-4,7-9,14H,5-6H2,1-2H3,(H,18,20). The van der Waals surface area contributed by atoms with Crippen molar-refractivity contribution in [3.63, 3.8) is 0 Å². The minimum absolute atomic E-state index is 0.00827. The predicted octanol–water partition coefficient (Wildman–Crippen LogP) is 1.84. The lowest BCUT2D eigenvalue weighted by atomic mass is 10.2. The van der Waals surface area contributed by atoms with E-state index < -0.39 is 6.10 Å². The summed E-state index contributed by atoms with van der Waals surface area (Å²) in [4.78, 5) is 29.3. The number of likely N-dealkylation sites (tertiary alicyclic amines) is 1. The third-order valence-electron chi connectivity index (χ3n) is 3.77. The summed E-state index contributed by atoms with van der Waals surface area (Å²) < 4.78 is 10.5. The molecule has 0 bridgehead atoms. The number of nitrogens with zero attached hydrogens (tertiary/aromatic N) is 2. The van der Waals surface area contributed by atoms with Crippen molar-refractivity contribution in [2.75, 3.05) is 18.9 Å². The van der Waals surface area contributed by atoms with E-state index >= 15 is 0 Å². The molecule has 1 aliphatic rings. The van der Waals surface area contributed by atoms with Gasteiger partial charge in [0.1, 0.15) is 12.0 Å². The number of likely N-dealkylation sites (N-methyl/N-ethyl adjacent to an activating group) is 1. The van der Waals surface area contributed by atoms with Crippen LogP contribution in [-0.4, -0.2) is 41.4 Å². The Balaban J connectivity index is 1.68. The second-order valence-corrected chi connectivity index (χ2v) is 5.46. The van der Waals surface area contributed by atoms with Crippen LogP contribution in [0.3, 0.4) is 0 Å². The molecule has 7 heteroatoms. The first-order valence-electron chi connectivity index (χ1n) is 7.26. The Bertz CT molecular complexity index is 727. The maximum Gasteiger partial charge on any atom is 0.277 e. The fraction of sp³-hybridized carbons (Fsp3) is 0.312. The Morgan fingerprint density at radius 2 is 2.30 bits per heavy atom. The van der Waals surface area contributed by atoms with Crippen LogP contribution in [0, 0.1) is 6.92 Å². The highest BCUT2D eigenvalue weighted by molar-refractivity contribution is 6.03. The van der Waals surface area contributed by atoms with Crippen LogP contribution in [0.15, 0.2) is 35.3 Å². The van der Waals surface area contributed by atoms with Gasteiger partial charge in [0.25, 0.3) is 11.8 Å². The average molecular weight is 315 g/mol. The molecule has 1 aromatic heterocycles. The lowest BCUT2D eigenvalue weighted by molar-refractivity contribution is -0.132. The number of oxazole rings is 1. The maximum absolute atomic E-state index is 12.0. The molecule has 1 unspecified atom stereocenters. The molecule has 0 saturated carbocycles. The van der Waals surface area contributed by atoms with Gasteiger partial charge in [0.15, 0.2) is 18.2 Å². The van der Waals surface area contributed by atoms with Crippen molar-refractivity contribution in [1.29, 1.82) is 0 Å². The molecule has 0 spiro atoms. The summed E-state index contributed by atoms with van der Waals surface area (Å²) in [6.07, 6.45) is 2.73. The molecule has 0 radical (unpaired) electrons.